The zero-order valence-electron chi connectivity index (χ0n) is 19.9. The van der Waals surface area contributed by atoms with E-state index in [1.54, 1.807) is 0 Å². The number of rotatable bonds is 6. The highest BCUT2D eigenvalue weighted by atomic mass is 16.2. The fourth-order valence-corrected chi connectivity index (χ4v) is 5.57. The molecule has 0 unspecified atom stereocenters. The van der Waals surface area contributed by atoms with E-state index < -0.39 is 0 Å². The molecule has 2 atom stereocenters. The van der Waals surface area contributed by atoms with E-state index in [0.717, 1.165) is 62.9 Å². The molecule has 0 bridgehead atoms. The molecular weight excluding hydrogens is 422 g/mol. The van der Waals surface area contributed by atoms with E-state index in [1.165, 1.54) is 5.56 Å². The van der Waals surface area contributed by atoms with Crippen molar-refractivity contribution in [3.05, 3.63) is 94.8 Å². The molecule has 1 N–H and O–H groups in total. The van der Waals surface area contributed by atoms with Crippen molar-refractivity contribution in [2.24, 2.45) is 0 Å². The molecule has 5 rings (SSSR count). The summed E-state index contributed by atoms with van der Waals surface area (Å²) in [6.07, 6.45) is 5.70. The summed E-state index contributed by atoms with van der Waals surface area (Å²) in [6.45, 7) is 3.63. The van der Waals surface area contributed by atoms with Crippen molar-refractivity contribution in [2.45, 2.75) is 64.1 Å². The van der Waals surface area contributed by atoms with Crippen molar-refractivity contribution < 1.29 is 9.59 Å². The fraction of sp³-hybridized carbons (Fsp3) is 0.379. The molecule has 2 aliphatic heterocycles. The van der Waals surface area contributed by atoms with Gasteiger partial charge in [-0.25, -0.2) is 0 Å². The third kappa shape index (κ3) is 4.27. The maximum Gasteiger partial charge on any atom is 0.271 e. The average Bonchev–Trinajstić information content (AvgIpc) is 3.53. The Morgan fingerprint density at radius 3 is 2.44 bits per heavy atom. The molecule has 0 saturated carbocycles. The number of carbonyl (C=O) groups is 2. The summed E-state index contributed by atoms with van der Waals surface area (Å²) in [7, 11) is 0. The van der Waals surface area contributed by atoms with Gasteiger partial charge in [-0.15, -0.1) is 0 Å². The molecule has 5 heteroatoms. The molecule has 0 aliphatic carbocycles. The molecule has 2 amide bonds. The summed E-state index contributed by atoms with van der Waals surface area (Å²) in [5.74, 6) is -0.0370. The Kier molecular flexibility index (Phi) is 6.52. The smallest absolute Gasteiger partial charge is 0.271 e. The SMILES string of the molecule is CC[C@@H](NC(=O)c1cc(C(=O)N2CCC[C@H]2c2ccccc2)n2c1CCCC2)c1ccccc1. The lowest BCUT2D eigenvalue weighted by atomic mass is 10.0. The first-order valence-corrected chi connectivity index (χ1v) is 12.6. The van der Waals surface area contributed by atoms with E-state index in [-0.39, 0.29) is 23.9 Å². The number of aromatic nitrogens is 1. The lowest BCUT2D eigenvalue weighted by molar-refractivity contribution is 0.0723. The van der Waals surface area contributed by atoms with Gasteiger partial charge in [0.1, 0.15) is 5.69 Å². The molecule has 3 aromatic rings. The van der Waals surface area contributed by atoms with Crippen LogP contribution in [-0.4, -0.2) is 27.8 Å². The predicted octanol–water partition coefficient (Wildman–Crippen LogP) is 5.68. The lowest BCUT2D eigenvalue weighted by Crippen LogP contribution is -2.32. The Labute approximate surface area is 201 Å². The highest BCUT2D eigenvalue weighted by Crippen LogP contribution is 2.34. The van der Waals surface area contributed by atoms with Crippen molar-refractivity contribution in [1.82, 2.24) is 14.8 Å². The Morgan fingerprint density at radius 2 is 1.71 bits per heavy atom. The third-order valence-electron chi connectivity index (χ3n) is 7.33. The highest BCUT2D eigenvalue weighted by molar-refractivity contribution is 6.01. The molecule has 2 aromatic carbocycles. The van der Waals surface area contributed by atoms with E-state index in [4.69, 9.17) is 0 Å². The van der Waals surface area contributed by atoms with Gasteiger partial charge < -0.3 is 14.8 Å². The molecule has 1 aromatic heterocycles. The number of amides is 2. The first-order chi connectivity index (χ1) is 16.7. The van der Waals surface area contributed by atoms with Crippen LogP contribution in [0.15, 0.2) is 66.7 Å². The van der Waals surface area contributed by atoms with Gasteiger partial charge in [-0.3, -0.25) is 9.59 Å². The number of carbonyl (C=O) groups excluding carboxylic acids is 2. The van der Waals surface area contributed by atoms with E-state index in [1.807, 2.05) is 47.4 Å². The maximum absolute atomic E-state index is 13.8. The van der Waals surface area contributed by atoms with Crippen LogP contribution in [0.25, 0.3) is 0 Å². The summed E-state index contributed by atoms with van der Waals surface area (Å²) < 4.78 is 2.12. The van der Waals surface area contributed by atoms with Crippen LogP contribution in [0, 0.1) is 0 Å². The first-order valence-electron chi connectivity index (χ1n) is 12.6. The zero-order chi connectivity index (χ0) is 23.5. The van der Waals surface area contributed by atoms with Crippen LogP contribution in [0.4, 0.5) is 0 Å². The minimum Gasteiger partial charge on any atom is -0.345 e. The molecule has 34 heavy (non-hydrogen) atoms. The van der Waals surface area contributed by atoms with Gasteiger partial charge in [0.05, 0.1) is 17.6 Å². The van der Waals surface area contributed by atoms with Crippen molar-refractivity contribution in [2.75, 3.05) is 6.54 Å². The zero-order valence-corrected chi connectivity index (χ0v) is 19.9. The van der Waals surface area contributed by atoms with E-state index in [0.29, 0.717) is 11.3 Å². The molecule has 1 saturated heterocycles. The second-order valence-corrected chi connectivity index (χ2v) is 9.41. The third-order valence-corrected chi connectivity index (χ3v) is 7.33. The van der Waals surface area contributed by atoms with Gasteiger partial charge in [-0.05, 0) is 55.7 Å². The van der Waals surface area contributed by atoms with Crippen molar-refractivity contribution in [3.8, 4) is 0 Å². The van der Waals surface area contributed by atoms with E-state index in [9.17, 15) is 9.59 Å². The monoisotopic (exact) mass is 455 g/mol. The van der Waals surface area contributed by atoms with Gasteiger partial charge in [0, 0.05) is 18.8 Å². The van der Waals surface area contributed by atoms with Crippen molar-refractivity contribution >= 4 is 11.8 Å². The van der Waals surface area contributed by atoms with Crippen molar-refractivity contribution in [3.63, 3.8) is 0 Å². The topological polar surface area (TPSA) is 54.3 Å². The Hall–Kier alpha value is -3.34. The summed E-state index contributed by atoms with van der Waals surface area (Å²) >= 11 is 0. The molecule has 176 valence electrons. The summed E-state index contributed by atoms with van der Waals surface area (Å²) in [4.78, 5) is 29.3. The second kappa shape index (κ2) is 9.88. The predicted molar refractivity (Wildman–Crippen MR) is 134 cm³/mol. The fourth-order valence-electron chi connectivity index (χ4n) is 5.57. The van der Waals surface area contributed by atoms with Crippen LogP contribution < -0.4 is 5.32 Å². The van der Waals surface area contributed by atoms with Gasteiger partial charge in [0.2, 0.25) is 0 Å². The summed E-state index contributed by atoms with van der Waals surface area (Å²) in [6, 6.07) is 22.3. The van der Waals surface area contributed by atoms with Gasteiger partial charge in [-0.1, -0.05) is 67.6 Å². The van der Waals surface area contributed by atoms with Gasteiger partial charge >= 0.3 is 0 Å². The number of hydrogen-bond acceptors (Lipinski definition) is 2. The van der Waals surface area contributed by atoms with Gasteiger partial charge in [0.25, 0.3) is 11.8 Å². The molecule has 0 radical (unpaired) electrons. The number of fused-ring (bicyclic) bond motifs is 1. The molecule has 2 aliphatic rings. The van der Waals surface area contributed by atoms with Crippen LogP contribution in [-0.2, 0) is 13.0 Å². The van der Waals surface area contributed by atoms with E-state index in [2.05, 4.69) is 41.1 Å². The molecule has 1 fully saturated rings. The largest absolute Gasteiger partial charge is 0.345 e. The normalized spacial score (nSPS) is 18.4. The summed E-state index contributed by atoms with van der Waals surface area (Å²) in [5.41, 5.74) is 4.62. The van der Waals surface area contributed by atoms with Crippen LogP contribution in [0.3, 0.4) is 0 Å². The molecular formula is C29H33N3O2. The standard InChI is InChI=1S/C29H33N3O2/c1-2-24(21-12-5-3-6-13-21)30-28(33)23-20-27(31-18-10-9-16-26(23)31)29(34)32-19-11-17-25(32)22-14-7-4-8-15-22/h3-8,12-15,20,24-25H,2,9-11,16-19H2,1H3,(H,30,33)/t24-,25+/m1/s1. The maximum atomic E-state index is 13.8. The van der Waals surface area contributed by atoms with Gasteiger partial charge in [-0.2, -0.15) is 0 Å². The minimum absolute atomic E-state index is 0.0450. The molecule has 5 nitrogen and oxygen atoms in total. The number of likely N-dealkylation sites (tertiary alicyclic amines) is 1. The quantitative estimate of drug-likeness (QED) is 0.520. The minimum atomic E-state index is -0.0820. The Balaban J connectivity index is 1.44. The average molecular weight is 456 g/mol. The van der Waals surface area contributed by atoms with Crippen molar-refractivity contribution in [1.29, 1.82) is 0 Å². The number of nitrogens with one attached hydrogen (secondary N) is 1. The lowest BCUT2D eigenvalue weighted by Gasteiger charge is -2.26. The van der Waals surface area contributed by atoms with E-state index >= 15 is 0 Å². The number of nitrogens with zero attached hydrogens (tertiary/aromatic N) is 2. The number of benzene rings is 2. The highest BCUT2D eigenvalue weighted by Gasteiger charge is 2.34. The first kappa shape index (κ1) is 22.5. The van der Waals surface area contributed by atoms with Crippen LogP contribution in [0.1, 0.15) is 88.8 Å². The second-order valence-electron chi connectivity index (χ2n) is 9.41. The number of hydrogen-bond donors (Lipinski definition) is 1. The van der Waals surface area contributed by atoms with Crippen LogP contribution >= 0.6 is 0 Å². The Bertz CT molecular complexity index is 1150. The molecule has 3 heterocycles. The molecule has 0 spiro atoms. The van der Waals surface area contributed by atoms with Crippen LogP contribution in [0.2, 0.25) is 0 Å². The Morgan fingerprint density at radius 1 is 0.971 bits per heavy atom. The van der Waals surface area contributed by atoms with Crippen LogP contribution in [0.5, 0.6) is 0 Å². The van der Waals surface area contributed by atoms with Gasteiger partial charge in [0.15, 0.2) is 0 Å². The summed E-state index contributed by atoms with van der Waals surface area (Å²) in [5, 5.41) is 3.23.